The van der Waals surface area contributed by atoms with Gasteiger partial charge in [0.25, 0.3) is 0 Å². The van der Waals surface area contributed by atoms with Crippen molar-refractivity contribution in [1.29, 1.82) is 0 Å². The van der Waals surface area contributed by atoms with Gasteiger partial charge in [-0.1, -0.05) is 127 Å². The Balaban J connectivity index is 1.21. The van der Waals surface area contributed by atoms with E-state index in [1.807, 2.05) is 6.07 Å². The highest BCUT2D eigenvalue weighted by molar-refractivity contribution is 6.13. The molecule has 10 rings (SSSR count). The molecule has 2 aliphatic carbocycles. The average molecular weight is 574 g/mol. The van der Waals surface area contributed by atoms with E-state index in [1.54, 1.807) is 0 Å². The lowest BCUT2D eigenvalue weighted by atomic mass is 9.70. The Morgan fingerprint density at radius 1 is 0.422 bits per heavy atom. The van der Waals surface area contributed by atoms with Crippen molar-refractivity contribution >= 4 is 33.3 Å². The molecule has 2 heteroatoms. The molecular formula is C43H27NO. The summed E-state index contributed by atoms with van der Waals surface area (Å²) >= 11 is 0. The first-order valence-electron chi connectivity index (χ1n) is 15.5. The predicted octanol–water partition coefficient (Wildman–Crippen LogP) is 11.3. The van der Waals surface area contributed by atoms with Crippen LogP contribution in [0.25, 0.3) is 55.3 Å². The van der Waals surface area contributed by atoms with Crippen LogP contribution in [0.2, 0.25) is 0 Å². The van der Waals surface area contributed by atoms with Crippen molar-refractivity contribution in [2.24, 2.45) is 0 Å². The van der Waals surface area contributed by atoms with Crippen molar-refractivity contribution in [3.05, 3.63) is 180 Å². The average Bonchev–Trinajstić information content (AvgIpc) is 3.73. The zero-order valence-electron chi connectivity index (χ0n) is 24.4. The zero-order valence-corrected chi connectivity index (χ0v) is 24.4. The van der Waals surface area contributed by atoms with E-state index >= 15 is 0 Å². The highest BCUT2D eigenvalue weighted by Crippen LogP contribution is 2.64. The number of fused-ring (bicyclic) bond motifs is 14. The largest absolute Gasteiger partial charge is 0.455 e. The van der Waals surface area contributed by atoms with Crippen LogP contribution in [0.1, 0.15) is 22.3 Å². The van der Waals surface area contributed by atoms with Crippen molar-refractivity contribution in [2.45, 2.75) is 5.41 Å². The number of nitrogens with one attached hydrogen (secondary N) is 1. The molecule has 7 aromatic carbocycles. The number of para-hydroxylation sites is 1. The van der Waals surface area contributed by atoms with Crippen LogP contribution < -0.4 is 5.32 Å². The summed E-state index contributed by atoms with van der Waals surface area (Å²) in [5, 5.41) is 6.04. The molecule has 0 fully saturated rings. The molecule has 0 saturated carbocycles. The Morgan fingerprint density at radius 2 is 1.07 bits per heavy atom. The topological polar surface area (TPSA) is 25.2 Å². The van der Waals surface area contributed by atoms with Crippen molar-refractivity contribution in [1.82, 2.24) is 0 Å². The van der Waals surface area contributed by atoms with Gasteiger partial charge >= 0.3 is 0 Å². The van der Waals surface area contributed by atoms with Crippen LogP contribution in [0.4, 0.5) is 11.4 Å². The molecule has 8 aromatic rings. The first-order valence-corrected chi connectivity index (χ1v) is 15.5. The third kappa shape index (κ3) is 3.29. The first-order chi connectivity index (χ1) is 22.3. The SMILES string of the molecule is c1ccc(-c2ccc(Nc3ccc4c(c3)C3(c5ccccc5-c5ccccc53)c3ccc5c(oc6ccccc65)c3-4)cc2)cc1. The highest BCUT2D eigenvalue weighted by atomic mass is 16.3. The smallest absolute Gasteiger partial charge is 0.143 e. The second kappa shape index (κ2) is 9.07. The molecule has 0 bridgehead atoms. The van der Waals surface area contributed by atoms with Gasteiger partial charge in [-0.2, -0.15) is 0 Å². The van der Waals surface area contributed by atoms with Crippen LogP contribution in [-0.2, 0) is 5.41 Å². The molecule has 0 atom stereocenters. The highest BCUT2D eigenvalue weighted by Gasteiger charge is 2.52. The molecule has 0 aliphatic heterocycles. The molecule has 210 valence electrons. The second-order valence-electron chi connectivity index (χ2n) is 12.1. The minimum atomic E-state index is -0.445. The van der Waals surface area contributed by atoms with Crippen LogP contribution in [-0.4, -0.2) is 0 Å². The third-order valence-corrected chi connectivity index (χ3v) is 9.88. The van der Waals surface area contributed by atoms with Crippen LogP contribution in [0.5, 0.6) is 0 Å². The molecule has 45 heavy (non-hydrogen) atoms. The Hall–Kier alpha value is -5.86. The summed E-state index contributed by atoms with van der Waals surface area (Å²) in [5.41, 5.74) is 16.2. The van der Waals surface area contributed by atoms with E-state index in [1.165, 1.54) is 55.6 Å². The second-order valence-corrected chi connectivity index (χ2v) is 12.1. The lowest BCUT2D eigenvalue weighted by Crippen LogP contribution is -2.25. The fourth-order valence-corrected chi connectivity index (χ4v) is 8.02. The van der Waals surface area contributed by atoms with Crippen LogP contribution in [0.15, 0.2) is 162 Å². The number of rotatable bonds is 3. The van der Waals surface area contributed by atoms with Gasteiger partial charge in [0.2, 0.25) is 0 Å². The monoisotopic (exact) mass is 573 g/mol. The summed E-state index contributed by atoms with van der Waals surface area (Å²) in [5.74, 6) is 0. The standard InChI is InChI=1S/C43H27NO/c1-2-10-27(11-3-1)28-18-20-29(21-19-28)44-30-22-23-35-39(26-30)43(36-15-7-4-12-31(36)32-13-5-8-16-37(32)43)38-25-24-34-33-14-6-9-17-40(33)45-42(34)41(35)38/h1-26,44H. The Bertz CT molecular complexity index is 2400. The summed E-state index contributed by atoms with van der Waals surface area (Å²) in [6.07, 6.45) is 0. The Labute approximate surface area is 261 Å². The molecule has 2 nitrogen and oxygen atoms in total. The summed E-state index contributed by atoms with van der Waals surface area (Å²) in [6.45, 7) is 0. The Morgan fingerprint density at radius 3 is 1.84 bits per heavy atom. The third-order valence-electron chi connectivity index (χ3n) is 9.88. The van der Waals surface area contributed by atoms with E-state index in [0.29, 0.717) is 0 Å². The van der Waals surface area contributed by atoms with Gasteiger partial charge in [-0.3, -0.25) is 0 Å². The number of furan rings is 1. The van der Waals surface area contributed by atoms with Gasteiger partial charge in [0.05, 0.1) is 5.41 Å². The van der Waals surface area contributed by atoms with Crippen molar-refractivity contribution in [3.63, 3.8) is 0 Å². The molecule has 0 unspecified atom stereocenters. The van der Waals surface area contributed by atoms with Gasteiger partial charge in [0, 0.05) is 27.7 Å². The van der Waals surface area contributed by atoms with Crippen molar-refractivity contribution in [3.8, 4) is 33.4 Å². The van der Waals surface area contributed by atoms with E-state index < -0.39 is 5.41 Å². The molecule has 0 saturated heterocycles. The fraction of sp³-hybridized carbons (Fsp3) is 0.0233. The number of anilines is 2. The summed E-state index contributed by atoms with van der Waals surface area (Å²) in [6, 6.07) is 56.9. The van der Waals surface area contributed by atoms with Gasteiger partial charge < -0.3 is 9.73 Å². The summed E-state index contributed by atoms with van der Waals surface area (Å²) < 4.78 is 6.69. The molecule has 1 aromatic heterocycles. The van der Waals surface area contributed by atoms with Crippen molar-refractivity contribution < 1.29 is 4.42 Å². The fourth-order valence-electron chi connectivity index (χ4n) is 8.02. The molecule has 0 amide bonds. The minimum Gasteiger partial charge on any atom is -0.455 e. The maximum atomic E-state index is 6.69. The first kappa shape index (κ1) is 24.6. The maximum Gasteiger partial charge on any atom is 0.143 e. The lowest BCUT2D eigenvalue weighted by molar-refractivity contribution is 0.669. The zero-order chi connectivity index (χ0) is 29.5. The Kier molecular flexibility index (Phi) is 4.95. The quantitative estimate of drug-likeness (QED) is 0.227. The maximum absolute atomic E-state index is 6.69. The number of benzene rings is 7. The van der Waals surface area contributed by atoms with E-state index in [-0.39, 0.29) is 0 Å². The van der Waals surface area contributed by atoms with E-state index in [0.717, 1.165) is 33.3 Å². The van der Waals surface area contributed by atoms with Gasteiger partial charge in [-0.05, 0) is 80.4 Å². The molecule has 1 N–H and O–H groups in total. The predicted molar refractivity (Wildman–Crippen MR) is 185 cm³/mol. The molecule has 0 radical (unpaired) electrons. The summed E-state index contributed by atoms with van der Waals surface area (Å²) in [4.78, 5) is 0. The molecule has 1 heterocycles. The normalized spacial score (nSPS) is 13.5. The van der Waals surface area contributed by atoms with E-state index in [4.69, 9.17) is 4.42 Å². The molecule has 1 spiro atoms. The van der Waals surface area contributed by atoms with Gasteiger partial charge in [0.15, 0.2) is 0 Å². The number of hydrogen-bond acceptors (Lipinski definition) is 2. The van der Waals surface area contributed by atoms with Gasteiger partial charge in [-0.15, -0.1) is 0 Å². The van der Waals surface area contributed by atoms with Crippen LogP contribution in [0, 0.1) is 0 Å². The number of hydrogen-bond donors (Lipinski definition) is 1. The lowest BCUT2D eigenvalue weighted by Gasteiger charge is -2.30. The van der Waals surface area contributed by atoms with E-state index in [2.05, 4.69) is 157 Å². The van der Waals surface area contributed by atoms with Crippen LogP contribution in [0.3, 0.4) is 0 Å². The van der Waals surface area contributed by atoms with Crippen LogP contribution >= 0.6 is 0 Å². The van der Waals surface area contributed by atoms with Gasteiger partial charge in [0.1, 0.15) is 11.2 Å². The van der Waals surface area contributed by atoms with Crippen molar-refractivity contribution in [2.75, 3.05) is 5.32 Å². The van der Waals surface area contributed by atoms with E-state index in [9.17, 15) is 0 Å². The summed E-state index contributed by atoms with van der Waals surface area (Å²) in [7, 11) is 0. The molecule has 2 aliphatic rings. The molecular weight excluding hydrogens is 546 g/mol. The minimum absolute atomic E-state index is 0.445. The van der Waals surface area contributed by atoms with Gasteiger partial charge in [-0.25, -0.2) is 0 Å².